The first-order valence-corrected chi connectivity index (χ1v) is 7.63. The maximum absolute atomic E-state index is 4.49. The monoisotopic (exact) mass is 260 g/mol. The van der Waals surface area contributed by atoms with Gasteiger partial charge in [0.2, 0.25) is 0 Å². The fourth-order valence-corrected chi connectivity index (χ4v) is 3.37. The molecule has 0 saturated heterocycles. The molecule has 1 fully saturated rings. The van der Waals surface area contributed by atoms with Crippen molar-refractivity contribution in [1.29, 1.82) is 0 Å². The number of aromatic nitrogens is 2. The molecule has 4 heteroatoms. The standard InChI is InChI=1S/C15H24N4/c1-16-11-6-8-12(9-7-11)19-15-13-4-2-3-5-14(13)17-10-18-15/h10-12,16H,2-9H2,1H3,(H,17,18,19). The highest BCUT2D eigenvalue weighted by molar-refractivity contribution is 5.47. The molecule has 2 aliphatic carbocycles. The van der Waals surface area contributed by atoms with E-state index in [-0.39, 0.29) is 0 Å². The van der Waals surface area contributed by atoms with Gasteiger partial charge in [0.05, 0.1) is 0 Å². The van der Waals surface area contributed by atoms with Gasteiger partial charge < -0.3 is 10.6 Å². The van der Waals surface area contributed by atoms with Crippen LogP contribution in [0.5, 0.6) is 0 Å². The van der Waals surface area contributed by atoms with Crippen LogP contribution in [-0.2, 0) is 12.8 Å². The number of aryl methyl sites for hydroxylation is 1. The average molecular weight is 260 g/mol. The second kappa shape index (κ2) is 5.87. The van der Waals surface area contributed by atoms with E-state index in [2.05, 4.69) is 27.6 Å². The highest BCUT2D eigenvalue weighted by atomic mass is 15.0. The zero-order valence-corrected chi connectivity index (χ0v) is 11.8. The van der Waals surface area contributed by atoms with Crippen molar-refractivity contribution in [2.24, 2.45) is 0 Å². The van der Waals surface area contributed by atoms with Gasteiger partial charge in [-0.1, -0.05) is 0 Å². The number of hydrogen-bond donors (Lipinski definition) is 2. The summed E-state index contributed by atoms with van der Waals surface area (Å²) in [5.41, 5.74) is 2.65. The predicted molar refractivity (Wildman–Crippen MR) is 77.4 cm³/mol. The predicted octanol–water partition coefficient (Wildman–Crippen LogP) is 2.30. The third-order valence-corrected chi connectivity index (χ3v) is 4.60. The molecular formula is C15H24N4. The zero-order chi connectivity index (χ0) is 13.1. The van der Waals surface area contributed by atoms with Gasteiger partial charge in [0.15, 0.2) is 0 Å². The van der Waals surface area contributed by atoms with E-state index in [1.54, 1.807) is 6.33 Å². The summed E-state index contributed by atoms with van der Waals surface area (Å²) in [6, 6.07) is 1.29. The lowest BCUT2D eigenvalue weighted by Crippen LogP contribution is -2.35. The van der Waals surface area contributed by atoms with Crippen LogP contribution in [0.15, 0.2) is 6.33 Å². The van der Waals surface area contributed by atoms with Crippen LogP contribution in [0.25, 0.3) is 0 Å². The molecule has 0 amide bonds. The molecule has 2 aliphatic rings. The Morgan fingerprint density at radius 3 is 2.53 bits per heavy atom. The van der Waals surface area contributed by atoms with Crippen molar-refractivity contribution in [2.75, 3.05) is 12.4 Å². The van der Waals surface area contributed by atoms with Crippen molar-refractivity contribution >= 4 is 5.82 Å². The van der Waals surface area contributed by atoms with Crippen molar-refractivity contribution in [3.05, 3.63) is 17.6 Å². The molecule has 0 aromatic carbocycles. The lowest BCUT2D eigenvalue weighted by Gasteiger charge is -2.30. The van der Waals surface area contributed by atoms with Crippen LogP contribution >= 0.6 is 0 Å². The van der Waals surface area contributed by atoms with Crippen molar-refractivity contribution in [3.63, 3.8) is 0 Å². The molecule has 0 spiro atoms. The summed E-state index contributed by atoms with van der Waals surface area (Å²) in [4.78, 5) is 8.92. The van der Waals surface area contributed by atoms with Gasteiger partial charge in [0.1, 0.15) is 12.1 Å². The van der Waals surface area contributed by atoms with Crippen LogP contribution in [0.4, 0.5) is 5.82 Å². The highest BCUT2D eigenvalue weighted by Crippen LogP contribution is 2.27. The van der Waals surface area contributed by atoms with Crippen molar-refractivity contribution in [2.45, 2.75) is 63.5 Å². The Morgan fingerprint density at radius 2 is 1.74 bits per heavy atom. The van der Waals surface area contributed by atoms with Gasteiger partial charge in [-0.15, -0.1) is 0 Å². The Balaban J connectivity index is 1.67. The number of fused-ring (bicyclic) bond motifs is 1. The van der Waals surface area contributed by atoms with E-state index in [0.29, 0.717) is 12.1 Å². The van der Waals surface area contributed by atoms with E-state index in [1.165, 1.54) is 49.8 Å². The van der Waals surface area contributed by atoms with Crippen LogP contribution in [0.2, 0.25) is 0 Å². The first-order valence-electron chi connectivity index (χ1n) is 7.63. The molecule has 3 rings (SSSR count). The van der Waals surface area contributed by atoms with E-state index in [1.807, 2.05) is 0 Å². The SMILES string of the molecule is CNC1CCC(Nc2ncnc3c2CCCC3)CC1. The summed E-state index contributed by atoms with van der Waals surface area (Å²) in [5, 5.41) is 7.06. The first-order chi connectivity index (χ1) is 9.36. The largest absolute Gasteiger partial charge is 0.367 e. The second-order valence-electron chi connectivity index (χ2n) is 5.84. The topological polar surface area (TPSA) is 49.8 Å². The molecule has 2 N–H and O–H groups in total. The molecule has 0 radical (unpaired) electrons. The quantitative estimate of drug-likeness (QED) is 0.875. The minimum Gasteiger partial charge on any atom is -0.367 e. The molecular weight excluding hydrogens is 236 g/mol. The fraction of sp³-hybridized carbons (Fsp3) is 0.733. The summed E-state index contributed by atoms with van der Waals surface area (Å²) < 4.78 is 0. The normalized spacial score (nSPS) is 26.8. The van der Waals surface area contributed by atoms with Crippen LogP contribution in [0.3, 0.4) is 0 Å². The van der Waals surface area contributed by atoms with Crippen LogP contribution < -0.4 is 10.6 Å². The molecule has 1 aromatic heterocycles. The molecule has 0 unspecified atom stereocenters. The minimum atomic E-state index is 0.588. The lowest BCUT2D eigenvalue weighted by atomic mass is 9.90. The molecule has 104 valence electrons. The summed E-state index contributed by atoms with van der Waals surface area (Å²) in [6.07, 6.45) is 11.6. The summed E-state index contributed by atoms with van der Waals surface area (Å²) >= 11 is 0. The smallest absolute Gasteiger partial charge is 0.133 e. The van der Waals surface area contributed by atoms with E-state index < -0.39 is 0 Å². The molecule has 4 nitrogen and oxygen atoms in total. The minimum absolute atomic E-state index is 0.588. The molecule has 0 atom stereocenters. The molecule has 19 heavy (non-hydrogen) atoms. The van der Waals surface area contributed by atoms with Crippen molar-refractivity contribution in [3.8, 4) is 0 Å². The zero-order valence-electron chi connectivity index (χ0n) is 11.8. The van der Waals surface area contributed by atoms with Gasteiger partial charge in [-0.2, -0.15) is 0 Å². The third-order valence-electron chi connectivity index (χ3n) is 4.60. The Kier molecular flexibility index (Phi) is 3.97. The van der Waals surface area contributed by atoms with E-state index in [9.17, 15) is 0 Å². The molecule has 0 aliphatic heterocycles. The molecule has 0 bridgehead atoms. The maximum atomic E-state index is 4.49. The summed E-state index contributed by atoms with van der Waals surface area (Å²) in [7, 11) is 2.07. The fourth-order valence-electron chi connectivity index (χ4n) is 3.37. The van der Waals surface area contributed by atoms with Crippen LogP contribution in [0.1, 0.15) is 49.8 Å². The van der Waals surface area contributed by atoms with E-state index in [4.69, 9.17) is 0 Å². The van der Waals surface area contributed by atoms with Gasteiger partial charge >= 0.3 is 0 Å². The Morgan fingerprint density at radius 1 is 1.00 bits per heavy atom. The van der Waals surface area contributed by atoms with Gasteiger partial charge in [0.25, 0.3) is 0 Å². The number of nitrogens with one attached hydrogen (secondary N) is 2. The highest BCUT2D eigenvalue weighted by Gasteiger charge is 2.22. The average Bonchev–Trinajstić information content (AvgIpc) is 2.48. The first kappa shape index (κ1) is 12.9. The Bertz CT molecular complexity index is 424. The number of nitrogens with zero attached hydrogens (tertiary/aromatic N) is 2. The van der Waals surface area contributed by atoms with Gasteiger partial charge in [-0.05, 0) is 58.4 Å². The van der Waals surface area contributed by atoms with Crippen molar-refractivity contribution < 1.29 is 0 Å². The molecule has 1 heterocycles. The van der Waals surface area contributed by atoms with E-state index in [0.717, 1.165) is 18.7 Å². The van der Waals surface area contributed by atoms with Crippen LogP contribution in [0, 0.1) is 0 Å². The van der Waals surface area contributed by atoms with Crippen LogP contribution in [-0.4, -0.2) is 29.1 Å². The number of hydrogen-bond acceptors (Lipinski definition) is 4. The lowest BCUT2D eigenvalue weighted by molar-refractivity contribution is 0.371. The molecule has 1 saturated carbocycles. The number of anilines is 1. The van der Waals surface area contributed by atoms with Gasteiger partial charge in [0, 0.05) is 23.3 Å². The van der Waals surface area contributed by atoms with Gasteiger partial charge in [-0.25, -0.2) is 9.97 Å². The Hall–Kier alpha value is -1.16. The molecule has 1 aromatic rings. The second-order valence-corrected chi connectivity index (χ2v) is 5.84. The summed E-state index contributed by atoms with van der Waals surface area (Å²) in [5.74, 6) is 1.11. The Labute approximate surface area is 115 Å². The maximum Gasteiger partial charge on any atom is 0.133 e. The summed E-state index contributed by atoms with van der Waals surface area (Å²) in [6.45, 7) is 0. The van der Waals surface area contributed by atoms with Crippen molar-refractivity contribution in [1.82, 2.24) is 15.3 Å². The number of rotatable bonds is 3. The van der Waals surface area contributed by atoms with Gasteiger partial charge in [-0.3, -0.25) is 0 Å². The van der Waals surface area contributed by atoms with E-state index >= 15 is 0 Å². The third kappa shape index (κ3) is 2.89.